The van der Waals surface area contributed by atoms with Crippen molar-refractivity contribution in [3.63, 3.8) is 0 Å². The molecule has 0 aromatic heterocycles. The van der Waals surface area contributed by atoms with E-state index in [1.165, 1.54) is 4.90 Å². The number of amides is 1. The van der Waals surface area contributed by atoms with Gasteiger partial charge in [-0.3, -0.25) is 9.59 Å². The third-order valence-electron chi connectivity index (χ3n) is 4.90. The van der Waals surface area contributed by atoms with Gasteiger partial charge in [-0.25, -0.2) is 0 Å². The molecule has 1 atom stereocenters. The molecular formula is C24H25NO5. The molecule has 1 aliphatic heterocycles. The second kappa shape index (κ2) is 9.89. The van der Waals surface area contributed by atoms with E-state index >= 15 is 0 Å². The molecular weight excluding hydrogens is 382 g/mol. The zero-order valence-corrected chi connectivity index (χ0v) is 16.9. The number of carbonyl (C=O) groups excluding carboxylic acids is 2. The summed E-state index contributed by atoms with van der Waals surface area (Å²) in [4.78, 5) is 27.2. The molecule has 0 unspecified atom stereocenters. The van der Waals surface area contributed by atoms with Gasteiger partial charge in [0.25, 0.3) is 11.7 Å². The molecule has 2 aromatic rings. The minimum absolute atomic E-state index is 0.0865. The van der Waals surface area contributed by atoms with Gasteiger partial charge in [-0.05, 0) is 24.1 Å². The lowest BCUT2D eigenvalue weighted by Gasteiger charge is -2.25. The maximum atomic E-state index is 12.9. The molecule has 3 rings (SSSR count). The van der Waals surface area contributed by atoms with E-state index in [-0.39, 0.29) is 11.3 Å². The number of carbonyl (C=O) groups is 2. The van der Waals surface area contributed by atoms with Crippen LogP contribution in [0.3, 0.4) is 0 Å². The zero-order valence-electron chi connectivity index (χ0n) is 16.9. The first kappa shape index (κ1) is 21.3. The lowest BCUT2D eigenvalue weighted by molar-refractivity contribution is -0.140. The standard InChI is InChI=1S/C24H25NO5/c1-3-15-30-19-12-10-17(11-13-19)21-20(22(26)18-8-5-4-6-9-18)23(27)24(28)25(21)14-7-16-29-2/h3-6,8-13,21,26H,1,7,14-16H2,2H3/b22-20+/t21-/m0/s1. The van der Waals surface area contributed by atoms with E-state index in [1.807, 2.05) is 6.07 Å². The highest BCUT2D eigenvalue weighted by atomic mass is 16.5. The number of rotatable bonds is 9. The van der Waals surface area contributed by atoms with Crippen LogP contribution in [0.1, 0.15) is 23.6 Å². The summed E-state index contributed by atoms with van der Waals surface area (Å²) in [6.45, 7) is 4.80. The number of aliphatic hydroxyl groups is 1. The Balaban J connectivity index is 2.04. The molecule has 30 heavy (non-hydrogen) atoms. The fraction of sp³-hybridized carbons (Fsp3) is 0.250. The molecule has 6 nitrogen and oxygen atoms in total. The van der Waals surface area contributed by atoms with Crippen molar-refractivity contribution in [3.05, 3.63) is 84.0 Å². The number of ether oxygens (including phenoxy) is 2. The fourth-order valence-electron chi connectivity index (χ4n) is 3.49. The summed E-state index contributed by atoms with van der Waals surface area (Å²) < 4.78 is 10.6. The Bertz CT molecular complexity index is 934. The van der Waals surface area contributed by atoms with Crippen LogP contribution in [0.4, 0.5) is 0 Å². The molecule has 0 radical (unpaired) electrons. The Morgan fingerprint density at radius 1 is 1.13 bits per heavy atom. The summed E-state index contributed by atoms with van der Waals surface area (Å²) in [6.07, 6.45) is 2.23. The van der Waals surface area contributed by atoms with Gasteiger partial charge in [0.15, 0.2) is 0 Å². The molecule has 156 valence electrons. The van der Waals surface area contributed by atoms with Crippen molar-refractivity contribution in [3.8, 4) is 5.75 Å². The van der Waals surface area contributed by atoms with E-state index in [4.69, 9.17) is 9.47 Å². The molecule has 1 fully saturated rings. The molecule has 0 spiro atoms. The van der Waals surface area contributed by atoms with Crippen LogP contribution in [-0.4, -0.2) is 48.6 Å². The zero-order chi connectivity index (χ0) is 21.5. The van der Waals surface area contributed by atoms with Gasteiger partial charge in [0, 0.05) is 25.8 Å². The minimum atomic E-state index is -0.689. The molecule has 2 aromatic carbocycles. The number of ketones is 1. The summed E-state index contributed by atoms with van der Waals surface area (Å²) in [6, 6.07) is 15.2. The average Bonchev–Trinajstić information content (AvgIpc) is 3.03. The van der Waals surface area contributed by atoms with Crippen LogP contribution in [0.2, 0.25) is 0 Å². The number of hydrogen-bond donors (Lipinski definition) is 1. The highest BCUT2D eigenvalue weighted by Crippen LogP contribution is 2.39. The topological polar surface area (TPSA) is 76.1 Å². The van der Waals surface area contributed by atoms with Crippen LogP contribution >= 0.6 is 0 Å². The van der Waals surface area contributed by atoms with Gasteiger partial charge in [-0.15, -0.1) is 0 Å². The highest BCUT2D eigenvalue weighted by molar-refractivity contribution is 6.46. The maximum absolute atomic E-state index is 12.9. The number of hydrogen-bond acceptors (Lipinski definition) is 5. The van der Waals surface area contributed by atoms with Crippen LogP contribution in [0.15, 0.2) is 72.8 Å². The SMILES string of the molecule is C=CCOc1ccc([C@H]2/C(=C(\O)c3ccccc3)C(=O)C(=O)N2CCCOC)cc1. The van der Waals surface area contributed by atoms with Gasteiger partial charge in [-0.2, -0.15) is 0 Å². The fourth-order valence-corrected chi connectivity index (χ4v) is 3.49. The van der Waals surface area contributed by atoms with E-state index in [2.05, 4.69) is 6.58 Å². The number of aliphatic hydroxyl groups excluding tert-OH is 1. The first-order valence-corrected chi connectivity index (χ1v) is 9.75. The number of benzene rings is 2. The first-order valence-electron chi connectivity index (χ1n) is 9.75. The Morgan fingerprint density at radius 3 is 2.47 bits per heavy atom. The summed E-state index contributed by atoms with van der Waals surface area (Å²) in [5.41, 5.74) is 1.29. The first-order chi connectivity index (χ1) is 14.6. The normalized spacial score (nSPS) is 17.9. The van der Waals surface area contributed by atoms with Crippen molar-refractivity contribution in [2.24, 2.45) is 0 Å². The number of Topliss-reactive ketones (excluding diaryl/α,β-unsaturated/α-hetero) is 1. The quantitative estimate of drug-likeness (QED) is 0.225. The van der Waals surface area contributed by atoms with Crippen molar-refractivity contribution in [2.45, 2.75) is 12.5 Å². The van der Waals surface area contributed by atoms with Crippen LogP contribution in [0, 0.1) is 0 Å². The van der Waals surface area contributed by atoms with Gasteiger partial charge in [0.2, 0.25) is 0 Å². The third kappa shape index (κ3) is 4.44. The lowest BCUT2D eigenvalue weighted by Crippen LogP contribution is -2.31. The van der Waals surface area contributed by atoms with Gasteiger partial charge in [0.1, 0.15) is 18.1 Å². The lowest BCUT2D eigenvalue weighted by atomic mass is 9.95. The Morgan fingerprint density at radius 2 is 1.83 bits per heavy atom. The molecule has 6 heteroatoms. The molecule has 0 saturated carbocycles. The van der Waals surface area contributed by atoms with Gasteiger partial charge in [-0.1, -0.05) is 55.1 Å². The molecule has 1 amide bonds. The van der Waals surface area contributed by atoms with Crippen LogP contribution in [0.5, 0.6) is 5.75 Å². The van der Waals surface area contributed by atoms with Gasteiger partial charge >= 0.3 is 0 Å². The molecule has 1 saturated heterocycles. The summed E-state index contributed by atoms with van der Waals surface area (Å²) in [5, 5.41) is 10.9. The smallest absolute Gasteiger partial charge is 0.295 e. The van der Waals surface area contributed by atoms with E-state index < -0.39 is 17.7 Å². The maximum Gasteiger partial charge on any atom is 0.295 e. The van der Waals surface area contributed by atoms with Crippen molar-refractivity contribution in [2.75, 3.05) is 26.9 Å². The van der Waals surface area contributed by atoms with E-state index in [0.29, 0.717) is 37.5 Å². The molecule has 0 aliphatic carbocycles. The van der Waals surface area contributed by atoms with Gasteiger partial charge < -0.3 is 19.5 Å². The predicted octanol–water partition coefficient (Wildman–Crippen LogP) is 3.71. The van der Waals surface area contributed by atoms with E-state index in [0.717, 1.165) is 5.56 Å². The average molecular weight is 407 g/mol. The van der Waals surface area contributed by atoms with E-state index in [1.54, 1.807) is 61.7 Å². The molecule has 0 bridgehead atoms. The van der Waals surface area contributed by atoms with Crippen molar-refractivity contribution < 1.29 is 24.2 Å². The highest BCUT2D eigenvalue weighted by Gasteiger charge is 2.45. The predicted molar refractivity (Wildman–Crippen MR) is 114 cm³/mol. The van der Waals surface area contributed by atoms with Crippen molar-refractivity contribution in [1.29, 1.82) is 0 Å². The number of nitrogens with zero attached hydrogens (tertiary/aromatic N) is 1. The van der Waals surface area contributed by atoms with Gasteiger partial charge in [0.05, 0.1) is 11.6 Å². The summed E-state index contributed by atoms with van der Waals surface area (Å²) in [7, 11) is 1.59. The summed E-state index contributed by atoms with van der Waals surface area (Å²) in [5.74, 6) is -0.843. The Kier molecular flexibility index (Phi) is 7.03. The van der Waals surface area contributed by atoms with Crippen LogP contribution in [0.25, 0.3) is 5.76 Å². The Hall–Kier alpha value is -3.38. The number of methoxy groups -OCH3 is 1. The number of likely N-dealkylation sites (tertiary alicyclic amines) is 1. The van der Waals surface area contributed by atoms with Crippen molar-refractivity contribution in [1.82, 2.24) is 4.90 Å². The minimum Gasteiger partial charge on any atom is -0.507 e. The second-order valence-corrected chi connectivity index (χ2v) is 6.87. The third-order valence-corrected chi connectivity index (χ3v) is 4.90. The largest absolute Gasteiger partial charge is 0.507 e. The van der Waals surface area contributed by atoms with E-state index in [9.17, 15) is 14.7 Å². The molecule has 1 N–H and O–H groups in total. The van der Waals surface area contributed by atoms with Crippen LogP contribution in [-0.2, 0) is 14.3 Å². The molecule has 1 heterocycles. The Labute approximate surface area is 176 Å². The monoisotopic (exact) mass is 407 g/mol. The second-order valence-electron chi connectivity index (χ2n) is 6.87. The summed E-state index contributed by atoms with van der Waals surface area (Å²) >= 11 is 0. The van der Waals surface area contributed by atoms with Crippen LogP contribution < -0.4 is 4.74 Å². The van der Waals surface area contributed by atoms with Crippen molar-refractivity contribution >= 4 is 17.4 Å². The molecule has 1 aliphatic rings.